The fourth-order valence-corrected chi connectivity index (χ4v) is 5.60. The van der Waals surface area contributed by atoms with Crippen LogP contribution in [0.5, 0.6) is 11.5 Å². The Morgan fingerprint density at radius 3 is 2.62 bits per heavy atom. The van der Waals surface area contributed by atoms with Crippen LogP contribution >= 0.6 is 15.9 Å². The van der Waals surface area contributed by atoms with Crippen molar-refractivity contribution in [2.24, 2.45) is 0 Å². The molecule has 0 bridgehead atoms. The molecule has 0 aliphatic carbocycles. The highest BCUT2D eigenvalue weighted by Crippen LogP contribution is 2.32. The van der Waals surface area contributed by atoms with Crippen molar-refractivity contribution < 1.29 is 22.6 Å². The molecule has 1 unspecified atom stereocenters. The quantitative estimate of drug-likeness (QED) is 0.213. The van der Waals surface area contributed by atoms with Crippen molar-refractivity contribution in [1.82, 2.24) is 9.72 Å². The summed E-state index contributed by atoms with van der Waals surface area (Å²) in [5, 5.41) is 13.5. The number of ether oxygens (including phenoxy) is 2. The molecule has 12 heteroatoms. The van der Waals surface area contributed by atoms with Gasteiger partial charge in [-0.25, -0.2) is 8.60 Å². The maximum atomic E-state index is 14.6. The second-order valence-electron chi connectivity index (χ2n) is 8.40. The number of nitriles is 1. The maximum Gasteiger partial charge on any atom is 0.255 e. The number of fused-ring (bicyclic) bond motifs is 1. The Morgan fingerprint density at radius 1 is 1.12 bits per heavy atom. The smallest absolute Gasteiger partial charge is 0.255 e. The Labute approximate surface area is 238 Å². The second kappa shape index (κ2) is 11.7. The number of hydrogen-bond acceptors (Lipinski definition) is 7. The van der Waals surface area contributed by atoms with Gasteiger partial charge in [0.2, 0.25) is 0 Å². The van der Waals surface area contributed by atoms with Crippen LogP contribution in [-0.4, -0.2) is 27.6 Å². The van der Waals surface area contributed by atoms with Crippen LogP contribution in [0.1, 0.15) is 5.56 Å². The fourth-order valence-electron chi connectivity index (χ4n) is 4.08. The van der Waals surface area contributed by atoms with Crippen molar-refractivity contribution in [2.45, 2.75) is 11.4 Å². The molecule has 2 heterocycles. The van der Waals surface area contributed by atoms with E-state index in [0.717, 1.165) is 11.6 Å². The standard InChI is InChI=1S/C28H20BrFN4O5S/c1-37-20-5-2-18(3-6-20)17-33(27-10-12-39-32-27)40(36)21-7-8-24-19(14-21)4-9-28(35)34(24)25-16-23(30)22(29)15-26(25)38-13-11-31/h2-10,12,14-16H,13,17H2,1H3. The lowest BCUT2D eigenvalue weighted by Gasteiger charge is -2.21. The van der Waals surface area contributed by atoms with Crippen molar-refractivity contribution >= 4 is 43.6 Å². The molecular weight excluding hydrogens is 603 g/mol. The SMILES string of the molecule is COc1ccc(CN(c2ccon2)S(=O)c2ccc3c(ccc(=O)n3-c3cc(F)c(Br)cc3OCC#N)c2)cc1. The van der Waals surface area contributed by atoms with E-state index in [0.29, 0.717) is 27.4 Å². The van der Waals surface area contributed by atoms with Gasteiger partial charge in [0.15, 0.2) is 23.4 Å². The summed E-state index contributed by atoms with van der Waals surface area (Å²) < 4.78 is 47.1. The van der Waals surface area contributed by atoms with E-state index in [4.69, 9.17) is 19.3 Å². The molecule has 0 fully saturated rings. The van der Waals surface area contributed by atoms with Gasteiger partial charge >= 0.3 is 0 Å². The third-order valence-corrected chi connectivity index (χ3v) is 7.95. The lowest BCUT2D eigenvalue weighted by molar-refractivity contribution is 0.365. The summed E-state index contributed by atoms with van der Waals surface area (Å²) in [4.78, 5) is 13.4. The number of methoxy groups -OCH3 is 1. The Balaban J connectivity index is 1.57. The highest BCUT2D eigenvalue weighted by molar-refractivity contribution is 9.10. The van der Waals surface area contributed by atoms with Gasteiger partial charge in [-0.05, 0) is 64.0 Å². The molecule has 0 saturated carbocycles. The van der Waals surface area contributed by atoms with E-state index in [1.807, 2.05) is 30.3 Å². The number of aromatic nitrogens is 2. The molecule has 0 aliphatic rings. The van der Waals surface area contributed by atoms with Gasteiger partial charge in [0.05, 0.1) is 34.2 Å². The monoisotopic (exact) mass is 622 g/mol. The predicted molar refractivity (Wildman–Crippen MR) is 150 cm³/mol. The van der Waals surface area contributed by atoms with Crippen LogP contribution in [0.4, 0.5) is 10.2 Å². The van der Waals surface area contributed by atoms with E-state index in [-0.39, 0.29) is 29.1 Å². The van der Waals surface area contributed by atoms with Gasteiger partial charge < -0.3 is 14.0 Å². The Hall–Kier alpha value is -4.47. The molecular formula is C28H20BrFN4O5S. The lowest BCUT2D eigenvalue weighted by atomic mass is 10.2. The second-order valence-corrected chi connectivity index (χ2v) is 10.7. The average Bonchev–Trinajstić information content (AvgIpc) is 3.51. The van der Waals surface area contributed by atoms with E-state index in [9.17, 15) is 13.4 Å². The van der Waals surface area contributed by atoms with Gasteiger partial charge in [-0.2, -0.15) is 5.26 Å². The molecule has 3 aromatic carbocycles. The Bertz CT molecular complexity index is 1800. The summed E-state index contributed by atoms with van der Waals surface area (Å²) >= 11 is 3.12. The summed E-state index contributed by atoms with van der Waals surface area (Å²) in [5.41, 5.74) is 0.992. The minimum atomic E-state index is -1.72. The fraction of sp³-hybridized carbons (Fsp3) is 0.107. The lowest BCUT2D eigenvalue weighted by Crippen LogP contribution is -2.26. The predicted octanol–water partition coefficient (Wildman–Crippen LogP) is 5.52. The third kappa shape index (κ3) is 5.47. The summed E-state index contributed by atoms with van der Waals surface area (Å²) in [7, 11) is -0.139. The normalized spacial score (nSPS) is 11.7. The average molecular weight is 623 g/mol. The van der Waals surface area contributed by atoms with E-state index in [1.54, 1.807) is 41.7 Å². The van der Waals surface area contributed by atoms with Crippen molar-refractivity contribution in [2.75, 3.05) is 18.0 Å². The number of pyridine rings is 1. The molecule has 0 radical (unpaired) electrons. The van der Waals surface area contributed by atoms with Gasteiger partial charge in [-0.1, -0.05) is 17.3 Å². The summed E-state index contributed by atoms with van der Waals surface area (Å²) in [6.45, 7) is -0.0295. The number of benzene rings is 3. The van der Waals surface area contributed by atoms with Crippen LogP contribution in [-0.2, 0) is 17.5 Å². The first-order valence-electron chi connectivity index (χ1n) is 11.8. The van der Waals surface area contributed by atoms with Crippen molar-refractivity contribution in [3.05, 3.63) is 105 Å². The molecule has 5 rings (SSSR count). The van der Waals surface area contributed by atoms with Crippen LogP contribution in [0, 0.1) is 17.1 Å². The number of nitrogens with zero attached hydrogens (tertiary/aromatic N) is 4. The van der Waals surface area contributed by atoms with Crippen LogP contribution in [0.25, 0.3) is 16.6 Å². The zero-order valence-electron chi connectivity index (χ0n) is 20.9. The summed E-state index contributed by atoms with van der Waals surface area (Å²) in [6.07, 6.45) is 1.40. The Kier molecular flexibility index (Phi) is 7.95. The molecule has 0 N–H and O–H groups in total. The van der Waals surface area contributed by atoms with Crippen LogP contribution < -0.4 is 19.3 Å². The van der Waals surface area contributed by atoms with Crippen LogP contribution in [0.3, 0.4) is 0 Å². The van der Waals surface area contributed by atoms with Gasteiger partial charge in [0, 0.05) is 23.6 Å². The molecule has 0 amide bonds. The molecule has 0 spiro atoms. The molecule has 202 valence electrons. The molecule has 0 saturated heterocycles. The summed E-state index contributed by atoms with van der Waals surface area (Å²) in [6, 6.07) is 21.2. The molecule has 1 atom stereocenters. The molecule has 9 nitrogen and oxygen atoms in total. The Morgan fingerprint density at radius 2 is 1.93 bits per heavy atom. The first-order chi connectivity index (χ1) is 19.4. The van der Waals surface area contributed by atoms with E-state index in [2.05, 4.69) is 21.1 Å². The first-order valence-corrected chi connectivity index (χ1v) is 13.7. The van der Waals surface area contributed by atoms with Crippen molar-refractivity contribution in [1.29, 1.82) is 5.26 Å². The minimum Gasteiger partial charge on any atom is -0.497 e. The van der Waals surface area contributed by atoms with E-state index >= 15 is 0 Å². The first kappa shape index (κ1) is 27.1. The van der Waals surface area contributed by atoms with Crippen molar-refractivity contribution in [3.8, 4) is 23.3 Å². The van der Waals surface area contributed by atoms with Crippen LogP contribution in [0.2, 0.25) is 0 Å². The van der Waals surface area contributed by atoms with E-state index in [1.165, 1.54) is 23.0 Å². The third-order valence-electron chi connectivity index (χ3n) is 5.97. The number of hydrogen-bond donors (Lipinski definition) is 0. The van der Waals surface area contributed by atoms with Gasteiger partial charge in [0.1, 0.15) is 29.6 Å². The molecule has 5 aromatic rings. The highest BCUT2D eigenvalue weighted by atomic mass is 79.9. The highest BCUT2D eigenvalue weighted by Gasteiger charge is 2.21. The molecule has 0 aliphatic heterocycles. The zero-order chi connectivity index (χ0) is 28.2. The largest absolute Gasteiger partial charge is 0.497 e. The maximum absolute atomic E-state index is 14.6. The van der Waals surface area contributed by atoms with Crippen molar-refractivity contribution in [3.63, 3.8) is 0 Å². The topological polar surface area (TPSA) is 111 Å². The number of rotatable bonds is 9. The van der Waals surface area contributed by atoms with Gasteiger partial charge in [0.25, 0.3) is 5.56 Å². The minimum absolute atomic E-state index is 0.125. The van der Waals surface area contributed by atoms with Gasteiger partial charge in [-0.15, -0.1) is 0 Å². The van der Waals surface area contributed by atoms with Gasteiger partial charge in [-0.3, -0.25) is 13.7 Å². The molecule has 40 heavy (non-hydrogen) atoms. The zero-order valence-corrected chi connectivity index (χ0v) is 23.3. The van der Waals surface area contributed by atoms with E-state index < -0.39 is 22.4 Å². The number of halogens is 2. The van der Waals surface area contributed by atoms with Crippen LogP contribution in [0.15, 0.2) is 97.7 Å². The number of anilines is 1. The summed E-state index contributed by atoms with van der Waals surface area (Å²) in [5.74, 6) is 0.616. The molecule has 2 aromatic heterocycles.